The summed E-state index contributed by atoms with van der Waals surface area (Å²) >= 11 is 0. The highest BCUT2D eigenvalue weighted by atomic mass is 16.3. The number of anilines is 1. The zero-order valence-corrected chi connectivity index (χ0v) is 11.2. The lowest BCUT2D eigenvalue weighted by atomic mass is 10.1. The largest absolute Gasteiger partial charge is 0.399 e. The van der Waals surface area contributed by atoms with Gasteiger partial charge in [0.25, 0.3) is 0 Å². The van der Waals surface area contributed by atoms with Crippen LogP contribution in [0.4, 0.5) is 5.69 Å². The van der Waals surface area contributed by atoms with Gasteiger partial charge in [-0.3, -0.25) is 4.98 Å². The van der Waals surface area contributed by atoms with Crippen molar-refractivity contribution in [2.24, 2.45) is 0 Å². The molecule has 0 saturated carbocycles. The molecule has 0 aliphatic carbocycles. The number of pyridine rings is 1. The minimum absolute atomic E-state index is 0.0637. The van der Waals surface area contributed by atoms with E-state index in [0.717, 1.165) is 16.6 Å². The van der Waals surface area contributed by atoms with Crippen LogP contribution >= 0.6 is 0 Å². The average Bonchev–Trinajstić information content (AvgIpc) is 2.84. The molecule has 0 bridgehead atoms. The molecule has 0 saturated heterocycles. The van der Waals surface area contributed by atoms with Gasteiger partial charge in [-0.25, -0.2) is 4.98 Å². The molecule has 0 aliphatic rings. The van der Waals surface area contributed by atoms with E-state index in [1.807, 2.05) is 34.9 Å². The maximum absolute atomic E-state index is 9.56. The van der Waals surface area contributed by atoms with Gasteiger partial charge in [0.1, 0.15) is 12.4 Å². The van der Waals surface area contributed by atoms with E-state index >= 15 is 0 Å². The zero-order chi connectivity index (χ0) is 14.1. The van der Waals surface area contributed by atoms with Crippen LogP contribution in [0.15, 0.2) is 42.7 Å². The number of fused-ring (bicyclic) bond motifs is 1. The molecule has 3 N–H and O–H groups in total. The molecule has 3 rings (SSSR count). The van der Waals surface area contributed by atoms with Crippen molar-refractivity contribution in [3.63, 3.8) is 0 Å². The number of hydrogen-bond donors (Lipinski definition) is 2. The molecule has 20 heavy (non-hydrogen) atoms. The fourth-order valence-corrected chi connectivity index (χ4v) is 2.50. The normalized spacial score (nSPS) is 12.7. The minimum Gasteiger partial charge on any atom is -0.399 e. The van der Waals surface area contributed by atoms with Crippen LogP contribution < -0.4 is 5.73 Å². The van der Waals surface area contributed by atoms with Crippen LogP contribution in [0, 0.1) is 0 Å². The standard InChI is InChI=1S/C15H16N4O/c1-10(11-4-6-17-7-5-11)19-14-3-2-12(16)8-13(14)18-15(19)9-20/h2-8,10,20H,9,16H2,1H3. The Bertz CT molecular complexity index is 736. The van der Waals surface area contributed by atoms with E-state index < -0.39 is 0 Å². The van der Waals surface area contributed by atoms with Crippen LogP contribution in [0.1, 0.15) is 24.4 Å². The number of imidazole rings is 1. The lowest BCUT2D eigenvalue weighted by Gasteiger charge is -2.17. The van der Waals surface area contributed by atoms with E-state index in [1.54, 1.807) is 12.4 Å². The van der Waals surface area contributed by atoms with E-state index in [1.165, 1.54) is 0 Å². The summed E-state index contributed by atoms with van der Waals surface area (Å²) in [5.74, 6) is 0.634. The maximum Gasteiger partial charge on any atom is 0.136 e. The molecular weight excluding hydrogens is 252 g/mol. The molecule has 1 unspecified atom stereocenters. The summed E-state index contributed by atoms with van der Waals surface area (Å²) in [7, 11) is 0. The smallest absolute Gasteiger partial charge is 0.136 e. The molecule has 102 valence electrons. The molecule has 0 aliphatic heterocycles. The van der Waals surface area contributed by atoms with Crippen molar-refractivity contribution in [2.75, 3.05) is 5.73 Å². The molecule has 5 heteroatoms. The summed E-state index contributed by atoms with van der Waals surface area (Å²) in [6, 6.07) is 9.61. The van der Waals surface area contributed by atoms with Gasteiger partial charge in [0, 0.05) is 18.1 Å². The second-order valence-corrected chi connectivity index (χ2v) is 4.76. The topological polar surface area (TPSA) is 77.0 Å². The van der Waals surface area contributed by atoms with Crippen LogP contribution in [0.25, 0.3) is 11.0 Å². The van der Waals surface area contributed by atoms with Gasteiger partial charge in [-0.05, 0) is 42.8 Å². The van der Waals surface area contributed by atoms with Crippen molar-refractivity contribution in [1.82, 2.24) is 14.5 Å². The van der Waals surface area contributed by atoms with Gasteiger partial charge in [-0.1, -0.05) is 0 Å². The average molecular weight is 268 g/mol. The molecule has 2 heterocycles. The summed E-state index contributed by atoms with van der Waals surface area (Å²) < 4.78 is 2.03. The quantitative estimate of drug-likeness (QED) is 0.713. The third-order valence-corrected chi connectivity index (χ3v) is 3.50. The van der Waals surface area contributed by atoms with Crippen LogP contribution in [0.5, 0.6) is 0 Å². The highest BCUT2D eigenvalue weighted by Gasteiger charge is 2.16. The summed E-state index contributed by atoms with van der Waals surface area (Å²) in [6.45, 7) is 1.97. The van der Waals surface area contributed by atoms with E-state index in [0.29, 0.717) is 11.5 Å². The first kappa shape index (κ1) is 12.6. The highest BCUT2D eigenvalue weighted by Crippen LogP contribution is 2.26. The lowest BCUT2D eigenvalue weighted by molar-refractivity contribution is 0.264. The molecule has 0 amide bonds. The first-order valence-corrected chi connectivity index (χ1v) is 6.48. The minimum atomic E-state index is -0.107. The fraction of sp³-hybridized carbons (Fsp3) is 0.200. The van der Waals surface area contributed by atoms with Crippen LogP contribution in [0.3, 0.4) is 0 Å². The maximum atomic E-state index is 9.56. The summed E-state index contributed by atoms with van der Waals surface area (Å²) in [6.07, 6.45) is 3.53. The molecule has 5 nitrogen and oxygen atoms in total. The van der Waals surface area contributed by atoms with Gasteiger partial charge in [-0.15, -0.1) is 0 Å². The Hall–Kier alpha value is -2.40. The van der Waals surface area contributed by atoms with Gasteiger partial charge >= 0.3 is 0 Å². The summed E-state index contributed by atoms with van der Waals surface area (Å²) in [5.41, 5.74) is 9.34. The molecule has 0 fully saturated rings. The molecule has 3 aromatic rings. The van der Waals surface area contributed by atoms with Crippen molar-refractivity contribution < 1.29 is 5.11 Å². The number of aliphatic hydroxyl groups excluding tert-OH is 1. The van der Waals surface area contributed by atoms with Gasteiger partial charge in [0.2, 0.25) is 0 Å². The Kier molecular flexibility index (Phi) is 3.12. The number of benzene rings is 1. The number of rotatable bonds is 3. The van der Waals surface area contributed by atoms with Gasteiger partial charge in [0.05, 0.1) is 17.1 Å². The number of nitrogen functional groups attached to an aromatic ring is 1. The highest BCUT2D eigenvalue weighted by molar-refractivity contribution is 5.80. The van der Waals surface area contributed by atoms with Crippen molar-refractivity contribution in [3.05, 3.63) is 54.1 Å². The van der Waals surface area contributed by atoms with Gasteiger partial charge in [0.15, 0.2) is 0 Å². The van der Waals surface area contributed by atoms with E-state index in [9.17, 15) is 5.11 Å². The van der Waals surface area contributed by atoms with Crippen LogP contribution in [0.2, 0.25) is 0 Å². The molecule has 1 aromatic carbocycles. The Morgan fingerprint density at radius 2 is 2.00 bits per heavy atom. The molecule has 1 atom stereocenters. The van der Waals surface area contributed by atoms with Crippen LogP contribution in [-0.4, -0.2) is 19.6 Å². The zero-order valence-electron chi connectivity index (χ0n) is 11.2. The summed E-state index contributed by atoms with van der Waals surface area (Å²) in [4.78, 5) is 8.49. The molecule has 0 spiro atoms. The van der Waals surface area contributed by atoms with Crippen LogP contribution in [-0.2, 0) is 6.61 Å². The Balaban J connectivity index is 2.19. The van der Waals surface area contributed by atoms with Crippen molar-refractivity contribution >= 4 is 16.7 Å². The van der Waals surface area contributed by atoms with E-state index in [-0.39, 0.29) is 12.6 Å². The van der Waals surface area contributed by atoms with E-state index in [2.05, 4.69) is 16.9 Å². The van der Waals surface area contributed by atoms with Crippen molar-refractivity contribution in [2.45, 2.75) is 19.6 Å². The van der Waals surface area contributed by atoms with E-state index in [4.69, 9.17) is 5.73 Å². The number of nitrogens with zero attached hydrogens (tertiary/aromatic N) is 3. The number of aromatic nitrogens is 3. The lowest BCUT2D eigenvalue weighted by Crippen LogP contribution is -2.10. The van der Waals surface area contributed by atoms with Gasteiger partial charge in [-0.2, -0.15) is 0 Å². The monoisotopic (exact) mass is 268 g/mol. The van der Waals surface area contributed by atoms with Crippen molar-refractivity contribution in [1.29, 1.82) is 0 Å². The third kappa shape index (κ3) is 2.02. The Morgan fingerprint density at radius 1 is 1.25 bits per heavy atom. The number of aliphatic hydroxyl groups is 1. The Labute approximate surface area is 116 Å². The summed E-state index contributed by atoms with van der Waals surface area (Å²) in [5, 5.41) is 9.56. The predicted octanol–water partition coefficient (Wildman–Crippen LogP) is 2.12. The first-order chi connectivity index (χ1) is 9.70. The SMILES string of the molecule is CC(c1ccncc1)n1c(CO)nc2cc(N)ccc21. The van der Waals surface area contributed by atoms with Gasteiger partial charge < -0.3 is 15.4 Å². The first-order valence-electron chi connectivity index (χ1n) is 6.48. The number of hydrogen-bond acceptors (Lipinski definition) is 4. The Morgan fingerprint density at radius 3 is 2.70 bits per heavy atom. The second kappa shape index (κ2) is 4.94. The molecule has 2 aromatic heterocycles. The fourth-order valence-electron chi connectivity index (χ4n) is 2.50. The second-order valence-electron chi connectivity index (χ2n) is 4.76. The molecule has 0 radical (unpaired) electrons. The third-order valence-electron chi connectivity index (χ3n) is 3.50. The number of nitrogens with two attached hydrogens (primary N) is 1. The van der Waals surface area contributed by atoms with Crippen molar-refractivity contribution in [3.8, 4) is 0 Å². The molecular formula is C15H16N4O. The predicted molar refractivity (Wildman–Crippen MR) is 78.1 cm³/mol.